The second-order valence-corrected chi connectivity index (χ2v) is 9.22. The van der Waals surface area contributed by atoms with E-state index < -0.39 is 29.4 Å². The van der Waals surface area contributed by atoms with Gasteiger partial charge in [0.2, 0.25) is 0 Å². The molecule has 0 unspecified atom stereocenters. The molecule has 1 atom stereocenters. The Hall–Kier alpha value is -2.97. The molecule has 0 aliphatic heterocycles. The van der Waals surface area contributed by atoms with E-state index in [0.29, 0.717) is 22.5 Å². The quantitative estimate of drug-likeness (QED) is 0.221. The highest BCUT2D eigenvalue weighted by molar-refractivity contribution is 5.95. The highest BCUT2D eigenvalue weighted by Gasteiger charge is 2.35. The molecule has 3 rings (SSSR count). The van der Waals surface area contributed by atoms with Crippen molar-refractivity contribution >= 4 is 22.3 Å². The van der Waals surface area contributed by atoms with Crippen LogP contribution in [0.4, 0.5) is 33.5 Å². The van der Waals surface area contributed by atoms with E-state index in [1.54, 1.807) is 14.0 Å². The molecule has 0 radical (unpaired) electrons. The number of rotatable bonds is 8. The second-order valence-electron chi connectivity index (χ2n) is 9.22. The number of fused-ring (bicyclic) bond motifs is 1. The largest absolute Gasteiger partial charge is 0.419 e. The van der Waals surface area contributed by atoms with Crippen LogP contribution in [0.1, 0.15) is 90.1 Å². The van der Waals surface area contributed by atoms with Gasteiger partial charge in [-0.1, -0.05) is 72.4 Å². The summed E-state index contributed by atoms with van der Waals surface area (Å²) in [6.07, 6.45) is 0.808. The Morgan fingerprint density at radius 3 is 2.16 bits per heavy atom. The van der Waals surface area contributed by atoms with Gasteiger partial charge in [-0.2, -0.15) is 18.3 Å². The van der Waals surface area contributed by atoms with Crippen molar-refractivity contribution < 1.29 is 22.0 Å². The molecular weight excluding hydrogens is 499 g/mol. The first-order valence-electron chi connectivity index (χ1n) is 13.2. The van der Waals surface area contributed by atoms with E-state index in [4.69, 9.17) is 0 Å². The highest BCUT2D eigenvalue weighted by atomic mass is 19.4. The summed E-state index contributed by atoms with van der Waals surface area (Å²) < 4.78 is 67.4. The van der Waals surface area contributed by atoms with Crippen molar-refractivity contribution in [2.75, 3.05) is 17.7 Å². The fourth-order valence-electron chi connectivity index (χ4n) is 3.79. The van der Waals surface area contributed by atoms with Crippen LogP contribution >= 0.6 is 0 Å². The summed E-state index contributed by atoms with van der Waals surface area (Å²) in [5, 5.41) is 14.6. The minimum atomic E-state index is -4.80. The molecule has 212 valence electrons. The van der Waals surface area contributed by atoms with E-state index in [9.17, 15) is 22.0 Å². The van der Waals surface area contributed by atoms with Crippen LogP contribution in [0.3, 0.4) is 0 Å². The van der Waals surface area contributed by atoms with Gasteiger partial charge in [-0.25, -0.2) is 8.78 Å². The van der Waals surface area contributed by atoms with E-state index >= 15 is 0 Å². The van der Waals surface area contributed by atoms with E-state index in [-0.39, 0.29) is 17.1 Å². The average Bonchev–Trinajstić information content (AvgIpc) is 2.86. The van der Waals surface area contributed by atoms with Gasteiger partial charge in [0, 0.05) is 23.4 Å². The van der Waals surface area contributed by atoms with Gasteiger partial charge in [-0.05, 0) is 38.0 Å². The van der Waals surface area contributed by atoms with Gasteiger partial charge in [-0.3, -0.25) is 0 Å². The number of hydrogen-bond donors (Lipinski definition) is 2. The molecule has 3 aromatic rings. The molecule has 0 spiro atoms. The maximum absolute atomic E-state index is 14.4. The molecule has 1 heterocycles. The molecule has 0 aliphatic rings. The third-order valence-electron chi connectivity index (χ3n) is 5.86. The van der Waals surface area contributed by atoms with E-state index in [1.165, 1.54) is 50.8 Å². The number of unbranched alkanes of at least 4 members (excludes halogenated alkanes) is 2. The highest BCUT2D eigenvalue weighted by Crippen LogP contribution is 2.35. The van der Waals surface area contributed by atoms with Gasteiger partial charge >= 0.3 is 6.18 Å². The number of nitrogens with zero attached hydrogens (tertiary/aromatic N) is 2. The molecule has 0 aliphatic carbocycles. The van der Waals surface area contributed by atoms with Gasteiger partial charge in [0.1, 0.15) is 11.6 Å². The van der Waals surface area contributed by atoms with Crippen LogP contribution in [-0.2, 0) is 6.18 Å². The SMILES string of the molecule is CC.CCCCCC(C)C.CNc1cc2c(N[C@H](C)c3cccc(C(F)(F)F)c3F)nnc(C)c2cc1F. The molecule has 0 fully saturated rings. The number of aromatic nitrogens is 2. The molecule has 0 saturated heterocycles. The average molecular weight is 541 g/mol. The third kappa shape index (κ3) is 9.10. The van der Waals surface area contributed by atoms with Crippen molar-refractivity contribution in [1.29, 1.82) is 0 Å². The van der Waals surface area contributed by atoms with Crippen LogP contribution in [0.5, 0.6) is 0 Å². The number of nitrogens with one attached hydrogen (secondary N) is 2. The number of aryl methyl sites for hydroxylation is 1. The molecule has 0 amide bonds. The Kier molecular flexibility index (Phi) is 13.4. The van der Waals surface area contributed by atoms with E-state index in [2.05, 4.69) is 41.6 Å². The standard InChI is InChI=1S/C19H17F5N4.C8H18.C2H6/c1-9(11-5-4-6-14(17(11)21)19(22,23)24)26-18-13-8-16(25-3)15(20)7-12(13)10(2)27-28-18;1-4-5-6-7-8(2)3;1-2/h4-9,25H,1-3H3,(H,26,28);8H,4-7H2,1-3H3;1-2H3/t9-;;/m1../s1. The van der Waals surface area contributed by atoms with Crippen LogP contribution in [0.25, 0.3) is 10.8 Å². The minimum absolute atomic E-state index is 0.165. The van der Waals surface area contributed by atoms with Gasteiger partial charge < -0.3 is 10.6 Å². The maximum Gasteiger partial charge on any atom is 0.419 e. The summed E-state index contributed by atoms with van der Waals surface area (Å²) in [7, 11) is 1.56. The zero-order valence-corrected chi connectivity index (χ0v) is 23.7. The minimum Gasteiger partial charge on any atom is -0.386 e. The zero-order chi connectivity index (χ0) is 29.0. The number of hydrogen-bond acceptors (Lipinski definition) is 4. The predicted octanol–water partition coefficient (Wildman–Crippen LogP) is 9.70. The van der Waals surface area contributed by atoms with Gasteiger partial charge in [0.05, 0.1) is 23.0 Å². The third-order valence-corrected chi connectivity index (χ3v) is 5.86. The number of halogens is 5. The van der Waals surface area contributed by atoms with Crippen LogP contribution in [0.2, 0.25) is 0 Å². The van der Waals surface area contributed by atoms with Crippen molar-refractivity contribution in [3.8, 4) is 0 Å². The maximum atomic E-state index is 14.4. The Bertz CT molecular complexity index is 1150. The van der Waals surface area contributed by atoms with Crippen LogP contribution in [0.15, 0.2) is 30.3 Å². The van der Waals surface area contributed by atoms with Crippen molar-refractivity contribution in [3.05, 3.63) is 58.8 Å². The lowest BCUT2D eigenvalue weighted by molar-refractivity contribution is -0.140. The summed E-state index contributed by atoms with van der Waals surface area (Å²) in [5.41, 5.74) is -0.791. The summed E-state index contributed by atoms with van der Waals surface area (Å²) in [6.45, 7) is 14.0. The second kappa shape index (κ2) is 15.4. The van der Waals surface area contributed by atoms with Crippen molar-refractivity contribution in [2.45, 2.75) is 86.4 Å². The normalized spacial score (nSPS) is 11.8. The lowest BCUT2D eigenvalue weighted by Gasteiger charge is -2.19. The van der Waals surface area contributed by atoms with Crippen LogP contribution in [-0.4, -0.2) is 17.2 Å². The van der Waals surface area contributed by atoms with Crippen LogP contribution in [0, 0.1) is 24.5 Å². The van der Waals surface area contributed by atoms with Gasteiger partial charge in [0.25, 0.3) is 0 Å². The molecule has 0 saturated carbocycles. The molecule has 1 aromatic heterocycles. The molecule has 38 heavy (non-hydrogen) atoms. The predicted molar refractivity (Wildman–Crippen MR) is 148 cm³/mol. The molecule has 2 aromatic carbocycles. The Balaban J connectivity index is 0.000000620. The molecule has 0 bridgehead atoms. The number of anilines is 2. The monoisotopic (exact) mass is 540 g/mol. The topological polar surface area (TPSA) is 49.8 Å². The summed E-state index contributed by atoms with van der Waals surface area (Å²) in [4.78, 5) is 0. The molecule has 4 nitrogen and oxygen atoms in total. The zero-order valence-electron chi connectivity index (χ0n) is 23.7. The lowest BCUT2D eigenvalue weighted by atomic mass is 10.0. The smallest absolute Gasteiger partial charge is 0.386 e. The molecule has 2 N–H and O–H groups in total. The van der Waals surface area contributed by atoms with E-state index in [0.717, 1.165) is 12.0 Å². The molecule has 9 heteroatoms. The summed E-state index contributed by atoms with van der Waals surface area (Å²) in [6, 6.07) is 5.08. The number of alkyl halides is 3. The number of benzene rings is 2. The fraction of sp³-hybridized carbons (Fsp3) is 0.517. The Morgan fingerprint density at radius 2 is 1.61 bits per heavy atom. The van der Waals surface area contributed by atoms with Gasteiger partial charge in [0.15, 0.2) is 5.82 Å². The summed E-state index contributed by atoms with van der Waals surface area (Å²) >= 11 is 0. The Morgan fingerprint density at radius 1 is 0.947 bits per heavy atom. The van der Waals surface area contributed by atoms with E-state index in [1.807, 2.05) is 13.8 Å². The van der Waals surface area contributed by atoms with Crippen LogP contribution < -0.4 is 10.6 Å². The first-order chi connectivity index (χ1) is 17.9. The van der Waals surface area contributed by atoms with Crippen molar-refractivity contribution in [1.82, 2.24) is 10.2 Å². The summed E-state index contributed by atoms with van der Waals surface area (Å²) in [5.74, 6) is -0.710. The first-order valence-corrected chi connectivity index (χ1v) is 13.2. The van der Waals surface area contributed by atoms with Crippen molar-refractivity contribution in [2.24, 2.45) is 5.92 Å². The fourth-order valence-corrected chi connectivity index (χ4v) is 3.79. The van der Waals surface area contributed by atoms with Crippen molar-refractivity contribution in [3.63, 3.8) is 0 Å². The van der Waals surface area contributed by atoms with Gasteiger partial charge in [-0.15, -0.1) is 5.10 Å². The first kappa shape index (κ1) is 33.1. The lowest BCUT2D eigenvalue weighted by Crippen LogP contribution is -2.15. The molecular formula is C29H41F5N4. The Labute approximate surface area is 223 Å².